The van der Waals surface area contributed by atoms with Crippen LogP contribution in [0.1, 0.15) is 10.4 Å². The van der Waals surface area contributed by atoms with Gasteiger partial charge < -0.3 is 4.74 Å². The number of ether oxygens (including phenoxy) is 1. The molecule has 0 amide bonds. The predicted molar refractivity (Wildman–Crippen MR) is 54.2 cm³/mol. The van der Waals surface area contributed by atoms with E-state index in [-0.39, 0.29) is 5.97 Å². The first-order valence-electron chi connectivity index (χ1n) is 4.28. The zero-order chi connectivity index (χ0) is 10.9. The lowest BCUT2D eigenvalue weighted by Crippen LogP contribution is -1.99. The van der Waals surface area contributed by atoms with Crippen LogP contribution in [0.25, 0.3) is 0 Å². The van der Waals surface area contributed by atoms with Gasteiger partial charge in [-0.1, -0.05) is 23.4 Å². The number of esters is 1. The molecule has 0 spiro atoms. The Kier molecular flexibility index (Phi) is 4.59. The van der Waals surface area contributed by atoms with Crippen molar-refractivity contribution in [2.45, 2.75) is 0 Å². The number of hydrogen-bond donors (Lipinski definition) is 1. The molecule has 0 aliphatic heterocycles. The molecule has 78 valence electrons. The molecule has 0 radical (unpaired) electrons. The van der Waals surface area contributed by atoms with Gasteiger partial charge in [-0.25, -0.2) is 4.79 Å². The van der Waals surface area contributed by atoms with E-state index >= 15 is 0 Å². The number of carbonyl (C=O) groups is 1. The molecule has 2 rings (SSSR count). The fourth-order valence-electron chi connectivity index (χ4n) is 0.859. The topological polar surface area (TPSA) is 67.9 Å². The number of H-pyrrole nitrogens is 1. The van der Waals surface area contributed by atoms with Gasteiger partial charge in [0.25, 0.3) is 0 Å². The molecule has 2 aromatic rings. The minimum atomic E-state index is -0.291. The van der Waals surface area contributed by atoms with Crippen LogP contribution in [0, 0.1) is 0 Å². The molecule has 5 nitrogen and oxygen atoms in total. The van der Waals surface area contributed by atoms with E-state index in [4.69, 9.17) is 0 Å². The van der Waals surface area contributed by atoms with E-state index in [1.807, 2.05) is 6.07 Å². The van der Waals surface area contributed by atoms with Crippen molar-refractivity contribution in [2.24, 2.45) is 0 Å². The summed E-state index contributed by atoms with van der Waals surface area (Å²) in [6.07, 6.45) is 3.24. The summed E-state index contributed by atoms with van der Waals surface area (Å²) in [6.45, 7) is 0. The lowest BCUT2D eigenvalue weighted by atomic mass is 10.2. The van der Waals surface area contributed by atoms with Gasteiger partial charge in [0.1, 0.15) is 0 Å². The van der Waals surface area contributed by atoms with Crippen LogP contribution < -0.4 is 0 Å². The van der Waals surface area contributed by atoms with E-state index in [1.165, 1.54) is 7.11 Å². The SMILES string of the molecule is COC(=O)c1ccccc1.c1c[nH]nn1. The van der Waals surface area contributed by atoms with E-state index in [0.29, 0.717) is 5.56 Å². The summed E-state index contributed by atoms with van der Waals surface area (Å²) in [6, 6.07) is 8.88. The van der Waals surface area contributed by atoms with E-state index in [2.05, 4.69) is 20.1 Å². The number of methoxy groups -OCH3 is 1. The summed E-state index contributed by atoms with van der Waals surface area (Å²) in [7, 11) is 1.37. The highest BCUT2D eigenvalue weighted by Gasteiger charge is 2.00. The highest BCUT2D eigenvalue weighted by atomic mass is 16.5. The molecule has 15 heavy (non-hydrogen) atoms. The first-order valence-corrected chi connectivity index (χ1v) is 4.28. The molecule has 1 aromatic carbocycles. The molecule has 1 aromatic heterocycles. The minimum Gasteiger partial charge on any atom is -0.465 e. The quantitative estimate of drug-likeness (QED) is 0.712. The highest BCUT2D eigenvalue weighted by Crippen LogP contribution is 1.98. The number of aromatic amines is 1. The molecule has 0 aliphatic carbocycles. The van der Waals surface area contributed by atoms with Crippen molar-refractivity contribution >= 4 is 5.97 Å². The Balaban J connectivity index is 0.000000187. The lowest BCUT2D eigenvalue weighted by Gasteiger charge is -1.95. The molecular formula is C10H11N3O2. The average Bonchev–Trinajstić information content (AvgIpc) is 2.88. The first kappa shape index (κ1) is 10.9. The maximum atomic E-state index is 10.8. The molecule has 1 N–H and O–H groups in total. The highest BCUT2D eigenvalue weighted by molar-refractivity contribution is 5.89. The van der Waals surface area contributed by atoms with E-state index < -0.39 is 0 Å². The molecule has 0 saturated heterocycles. The van der Waals surface area contributed by atoms with Gasteiger partial charge in [-0.2, -0.15) is 0 Å². The maximum absolute atomic E-state index is 10.8. The van der Waals surface area contributed by atoms with Crippen LogP contribution in [-0.4, -0.2) is 28.5 Å². The summed E-state index contributed by atoms with van der Waals surface area (Å²) in [5.74, 6) is -0.291. The van der Waals surface area contributed by atoms with Crippen LogP contribution in [0.5, 0.6) is 0 Å². The summed E-state index contributed by atoms with van der Waals surface area (Å²) >= 11 is 0. The summed E-state index contributed by atoms with van der Waals surface area (Å²) in [5.41, 5.74) is 0.588. The molecule has 0 atom stereocenters. The Morgan fingerprint density at radius 3 is 2.47 bits per heavy atom. The third kappa shape index (κ3) is 4.04. The summed E-state index contributed by atoms with van der Waals surface area (Å²) in [4.78, 5) is 10.8. The second kappa shape index (κ2) is 6.31. The molecule has 0 aliphatic rings. The molecule has 0 saturated carbocycles. The summed E-state index contributed by atoms with van der Waals surface area (Å²) in [5, 5.41) is 9.26. The Labute approximate surface area is 87.1 Å². The number of nitrogens with zero attached hydrogens (tertiary/aromatic N) is 2. The van der Waals surface area contributed by atoms with Gasteiger partial charge in [0.05, 0.1) is 18.9 Å². The number of rotatable bonds is 1. The van der Waals surface area contributed by atoms with Crippen LogP contribution in [0.4, 0.5) is 0 Å². The third-order valence-corrected chi connectivity index (χ3v) is 1.53. The normalized spacial score (nSPS) is 8.60. The van der Waals surface area contributed by atoms with Crippen molar-refractivity contribution in [3.05, 3.63) is 48.3 Å². The van der Waals surface area contributed by atoms with E-state index in [1.54, 1.807) is 36.7 Å². The van der Waals surface area contributed by atoms with Crippen molar-refractivity contribution in [1.29, 1.82) is 0 Å². The second-order valence-corrected chi connectivity index (χ2v) is 2.52. The van der Waals surface area contributed by atoms with Gasteiger partial charge >= 0.3 is 5.97 Å². The molecule has 0 fully saturated rings. The number of hydrogen-bond acceptors (Lipinski definition) is 4. The first-order chi connectivity index (χ1) is 7.34. The van der Waals surface area contributed by atoms with E-state index in [0.717, 1.165) is 0 Å². The van der Waals surface area contributed by atoms with Gasteiger partial charge in [-0.05, 0) is 12.1 Å². The van der Waals surface area contributed by atoms with Gasteiger partial charge in [0.15, 0.2) is 0 Å². The standard InChI is InChI=1S/C8H8O2.C2H3N3/c1-10-8(9)7-5-3-2-4-6-7;1-2-4-5-3-1/h2-6H,1H3;1-2H,(H,3,4,5). The molecular weight excluding hydrogens is 194 g/mol. The Hall–Kier alpha value is -2.17. The Morgan fingerprint density at radius 1 is 1.33 bits per heavy atom. The van der Waals surface area contributed by atoms with Crippen molar-refractivity contribution < 1.29 is 9.53 Å². The van der Waals surface area contributed by atoms with Crippen molar-refractivity contribution in [3.63, 3.8) is 0 Å². The zero-order valence-corrected chi connectivity index (χ0v) is 8.25. The van der Waals surface area contributed by atoms with Crippen LogP contribution in [0.2, 0.25) is 0 Å². The Morgan fingerprint density at radius 2 is 2.07 bits per heavy atom. The Bertz CT molecular complexity index is 356. The fraction of sp³-hybridized carbons (Fsp3) is 0.100. The van der Waals surface area contributed by atoms with Crippen LogP contribution in [0.15, 0.2) is 42.7 Å². The number of carbonyl (C=O) groups excluding carboxylic acids is 1. The minimum absolute atomic E-state index is 0.291. The van der Waals surface area contributed by atoms with Gasteiger partial charge in [0.2, 0.25) is 0 Å². The van der Waals surface area contributed by atoms with Crippen molar-refractivity contribution in [3.8, 4) is 0 Å². The van der Waals surface area contributed by atoms with Gasteiger partial charge in [0, 0.05) is 6.20 Å². The summed E-state index contributed by atoms with van der Waals surface area (Å²) < 4.78 is 4.50. The number of aromatic nitrogens is 3. The van der Waals surface area contributed by atoms with Crippen molar-refractivity contribution in [2.75, 3.05) is 7.11 Å². The second-order valence-electron chi connectivity index (χ2n) is 2.52. The van der Waals surface area contributed by atoms with Gasteiger partial charge in [-0.3, -0.25) is 5.10 Å². The van der Waals surface area contributed by atoms with Crippen LogP contribution in [-0.2, 0) is 4.74 Å². The molecule has 1 heterocycles. The maximum Gasteiger partial charge on any atom is 0.337 e. The number of benzene rings is 1. The molecule has 0 bridgehead atoms. The average molecular weight is 205 g/mol. The number of nitrogens with one attached hydrogen (secondary N) is 1. The lowest BCUT2D eigenvalue weighted by molar-refractivity contribution is 0.0601. The zero-order valence-electron chi connectivity index (χ0n) is 8.25. The fourth-order valence-corrected chi connectivity index (χ4v) is 0.859. The van der Waals surface area contributed by atoms with E-state index in [9.17, 15) is 4.79 Å². The van der Waals surface area contributed by atoms with Crippen LogP contribution >= 0.6 is 0 Å². The smallest absolute Gasteiger partial charge is 0.337 e. The largest absolute Gasteiger partial charge is 0.465 e. The monoisotopic (exact) mass is 205 g/mol. The molecule has 0 unspecified atom stereocenters. The van der Waals surface area contributed by atoms with Crippen LogP contribution in [0.3, 0.4) is 0 Å². The van der Waals surface area contributed by atoms with Gasteiger partial charge in [-0.15, -0.1) is 5.10 Å². The molecule has 5 heteroatoms. The third-order valence-electron chi connectivity index (χ3n) is 1.53. The predicted octanol–water partition coefficient (Wildman–Crippen LogP) is 1.28. The van der Waals surface area contributed by atoms with Crippen molar-refractivity contribution in [1.82, 2.24) is 15.4 Å².